The van der Waals surface area contributed by atoms with E-state index in [0.29, 0.717) is 11.5 Å². The topological polar surface area (TPSA) is 35.5 Å². The Morgan fingerprint density at radius 3 is 2.88 bits per heavy atom. The molecule has 0 bridgehead atoms. The van der Waals surface area contributed by atoms with Crippen LogP contribution in [-0.2, 0) is 10.2 Å². The molecule has 0 saturated heterocycles. The van der Waals surface area contributed by atoms with Gasteiger partial charge in [0.1, 0.15) is 10.6 Å². The lowest BCUT2D eigenvalue weighted by atomic mass is 9.78. The largest absolute Gasteiger partial charge is 0.493 e. The quantitative estimate of drug-likeness (QED) is 0.580. The minimum absolute atomic E-state index is 0.0950. The molecular formula is C21H22O3S. The van der Waals surface area contributed by atoms with E-state index in [4.69, 9.17) is 9.47 Å². The van der Waals surface area contributed by atoms with E-state index in [1.54, 1.807) is 13.0 Å². The molecule has 3 rings (SSSR count). The highest BCUT2D eigenvalue weighted by Crippen LogP contribution is 2.39. The van der Waals surface area contributed by atoms with Crippen LogP contribution in [0.15, 0.2) is 24.3 Å². The Balaban J connectivity index is 1.90. The zero-order valence-corrected chi connectivity index (χ0v) is 15.9. The molecule has 0 aliphatic carbocycles. The fourth-order valence-electron chi connectivity index (χ4n) is 2.86. The summed E-state index contributed by atoms with van der Waals surface area (Å²) in [4.78, 5) is 13.2. The third-order valence-electron chi connectivity index (χ3n) is 4.44. The summed E-state index contributed by atoms with van der Waals surface area (Å²) in [6.45, 7) is 9.47. The molecule has 0 fully saturated rings. The first-order valence-electron chi connectivity index (χ1n) is 8.47. The standard InChI is InChI=1S/C21H22O3S/c1-5-23-20(22)19-9-8-16(25-19)7-6-15-13-17-18(12-14(15)2)24-11-10-21(17,3)4/h8-9,12-13H,5,10-11H2,1-4H3. The lowest BCUT2D eigenvalue weighted by molar-refractivity contribution is 0.0532. The first-order chi connectivity index (χ1) is 11.9. The number of fused-ring (bicyclic) bond motifs is 1. The van der Waals surface area contributed by atoms with E-state index in [9.17, 15) is 4.79 Å². The van der Waals surface area contributed by atoms with Gasteiger partial charge in [-0.15, -0.1) is 11.3 Å². The minimum atomic E-state index is -0.288. The van der Waals surface area contributed by atoms with Gasteiger partial charge in [-0.2, -0.15) is 0 Å². The number of hydrogen-bond donors (Lipinski definition) is 0. The monoisotopic (exact) mass is 354 g/mol. The first kappa shape index (κ1) is 17.6. The molecule has 1 aromatic carbocycles. The van der Waals surface area contributed by atoms with Crippen molar-refractivity contribution in [2.45, 2.75) is 39.5 Å². The van der Waals surface area contributed by atoms with Crippen molar-refractivity contribution in [3.8, 4) is 17.6 Å². The summed E-state index contributed by atoms with van der Waals surface area (Å²) in [5.74, 6) is 7.11. The molecule has 0 saturated carbocycles. The highest BCUT2D eigenvalue weighted by molar-refractivity contribution is 7.14. The Hall–Kier alpha value is -2.25. The second-order valence-corrected chi connectivity index (χ2v) is 7.86. The van der Waals surface area contributed by atoms with Crippen LogP contribution in [0.2, 0.25) is 0 Å². The van der Waals surface area contributed by atoms with E-state index in [-0.39, 0.29) is 11.4 Å². The fraction of sp³-hybridized carbons (Fsp3) is 0.381. The third-order valence-corrected chi connectivity index (χ3v) is 5.42. The second kappa shape index (κ2) is 6.93. The van der Waals surface area contributed by atoms with E-state index in [2.05, 4.69) is 37.8 Å². The van der Waals surface area contributed by atoms with Gasteiger partial charge in [0.15, 0.2) is 0 Å². The molecular weight excluding hydrogens is 332 g/mol. The number of thiophene rings is 1. The van der Waals surface area contributed by atoms with Gasteiger partial charge in [-0.25, -0.2) is 4.79 Å². The van der Waals surface area contributed by atoms with Crippen molar-refractivity contribution in [2.24, 2.45) is 0 Å². The van der Waals surface area contributed by atoms with Crippen molar-refractivity contribution in [1.29, 1.82) is 0 Å². The Bertz CT molecular complexity index is 865. The number of carbonyl (C=O) groups is 1. The SMILES string of the molecule is CCOC(=O)c1ccc(C#Cc2cc3c(cc2C)OCCC3(C)C)s1. The van der Waals surface area contributed by atoms with E-state index < -0.39 is 0 Å². The van der Waals surface area contributed by atoms with Crippen molar-refractivity contribution in [1.82, 2.24) is 0 Å². The van der Waals surface area contributed by atoms with Gasteiger partial charge in [0.05, 0.1) is 18.1 Å². The van der Waals surface area contributed by atoms with Crippen molar-refractivity contribution in [2.75, 3.05) is 13.2 Å². The highest BCUT2D eigenvalue weighted by atomic mass is 32.1. The predicted octanol–water partition coefficient (Wildman–Crippen LogP) is 4.69. The lowest BCUT2D eigenvalue weighted by Gasteiger charge is -2.33. The van der Waals surface area contributed by atoms with Gasteiger partial charge >= 0.3 is 5.97 Å². The highest BCUT2D eigenvalue weighted by Gasteiger charge is 2.29. The number of ether oxygens (including phenoxy) is 2. The molecule has 0 spiro atoms. The van der Waals surface area contributed by atoms with Gasteiger partial charge in [0.2, 0.25) is 0 Å². The van der Waals surface area contributed by atoms with Crippen LogP contribution in [0.3, 0.4) is 0 Å². The number of aryl methyl sites for hydroxylation is 1. The molecule has 0 amide bonds. The fourth-order valence-corrected chi connectivity index (χ4v) is 3.61. The summed E-state index contributed by atoms with van der Waals surface area (Å²) in [6, 6.07) is 7.86. The molecule has 130 valence electrons. The third kappa shape index (κ3) is 3.72. The number of rotatable bonds is 2. The molecule has 2 aromatic rings. The minimum Gasteiger partial charge on any atom is -0.493 e. The number of carbonyl (C=O) groups excluding carboxylic acids is 1. The van der Waals surface area contributed by atoms with Gasteiger partial charge in [0.25, 0.3) is 0 Å². The Morgan fingerprint density at radius 1 is 1.32 bits per heavy atom. The van der Waals surface area contributed by atoms with Gasteiger partial charge in [-0.1, -0.05) is 25.7 Å². The molecule has 1 aromatic heterocycles. The normalized spacial score (nSPS) is 14.7. The van der Waals surface area contributed by atoms with E-state index in [0.717, 1.165) is 34.8 Å². The molecule has 25 heavy (non-hydrogen) atoms. The van der Waals surface area contributed by atoms with Crippen molar-refractivity contribution in [3.05, 3.63) is 50.7 Å². The Kier molecular flexibility index (Phi) is 4.87. The van der Waals surface area contributed by atoms with Crippen LogP contribution < -0.4 is 4.74 Å². The summed E-state index contributed by atoms with van der Waals surface area (Å²) in [7, 11) is 0. The van der Waals surface area contributed by atoms with E-state index in [1.807, 2.05) is 13.0 Å². The second-order valence-electron chi connectivity index (χ2n) is 6.78. The average molecular weight is 354 g/mol. The maximum Gasteiger partial charge on any atom is 0.348 e. The predicted molar refractivity (Wildman–Crippen MR) is 101 cm³/mol. The van der Waals surface area contributed by atoms with Crippen LogP contribution in [0.1, 0.15) is 58.4 Å². The van der Waals surface area contributed by atoms with Gasteiger partial charge < -0.3 is 9.47 Å². The molecule has 3 nitrogen and oxygen atoms in total. The molecule has 0 unspecified atom stereocenters. The Labute approximate surface area is 153 Å². The molecule has 4 heteroatoms. The molecule has 0 radical (unpaired) electrons. The van der Waals surface area contributed by atoms with Crippen LogP contribution in [0.4, 0.5) is 0 Å². The molecule has 0 atom stereocenters. The van der Waals surface area contributed by atoms with Gasteiger partial charge in [-0.05, 0) is 55.5 Å². The Morgan fingerprint density at radius 2 is 2.12 bits per heavy atom. The lowest BCUT2D eigenvalue weighted by Crippen LogP contribution is -2.26. The zero-order chi connectivity index (χ0) is 18.0. The van der Waals surface area contributed by atoms with E-state index >= 15 is 0 Å². The van der Waals surface area contributed by atoms with Gasteiger partial charge in [0, 0.05) is 11.1 Å². The molecule has 2 heterocycles. The van der Waals surface area contributed by atoms with Crippen molar-refractivity contribution >= 4 is 17.3 Å². The van der Waals surface area contributed by atoms with Crippen molar-refractivity contribution in [3.63, 3.8) is 0 Å². The summed E-state index contributed by atoms with van der Waals surface area (Å²) >= 11 is 1.36. The summed E-state index contributed by atoms with van der Waals surface area (Å²) in [5.41, 5.74) is 3.42. The summed E-state index contributed by atoms with van der Waals surface area (Å²) in [6.07, 6.45) is 1.00. The first-order valence-corrected chi connectivity index (χ1v) is 9.29. The van der Waals surface area contributed by atoms with Crippen LogP contribution in [0, 0.1) is 18.8 Å². The molecule has 0 N–H and O–H groups in total. The number of benzene rings is 1. The molecule has 1 aliphatic heterocycles. The van der Waals surface area contributed by atoms with Crippen LogP contribution in [-0.4, -0.2) is 19.2 Å². The zero-order valence-electron chi connectivity index (χ0n) is 15.1. The molecule has 1 aliphatic rings. The van der Waals surface area contributed by atoms with Crippen LogP contribution in [0.5, 0.6) is 5.75 Å². The van der Waals surface area contributed by atoms with Gasteiger partial charge in [-0.3, -0.25) is 0 Å². The number of hydrogen-bond acceptors (Lipinski definition) is 4. The van der Waals surface area contributed by atoms with E-state index in [1.165, 1.54) is 16.9 Å². The van der Waals surface area contributed by atoms with Crippen molar-refractivity contribution < 1.29 is 14.3 Å². The average Bonchev–Trinajstić information content (AvgIpc) is 3.02. The summed E-state index contributed by atoms with van der Waals surface area (Å²) in [5, 5.41) is 0. The summed E-state index contributed by atoms with van der Waals surface area (Å²) < 4.78 is 10.8. The van der Waals surface area contributed by atoms with Crippen LogP contribution in [0.25, 0.3) is 0 Å². The maximum absolute atomic E-state index is 11.7. The smallest absolute Gasteiger partial charge is 0.348 e. The maximum atomic E-state index is 11.7. The van der Waals surface area contributed by atoms with Crippen LogP contribution >= 0.6 is 11.3 Å². The number of esters is 1.